The summed E-state index contributed by atoms with van der Waals surface area (Å²) < 4.78 is 1.78. The third kappa shape index (κ3) is 3.40. The molecule has 1 saturated carbocycles. The van der Waals surface area contributed by atoms with E-state index in [9.17, 15) is 19.5 Å². The Morgan fingerprint density at radius 2 is 1.79 bits per heavy atom. The second-order valence-electron chi connectivity index (χ2n) is 8.34. The molecule has 0 bridgehead atoms. The van der Waals surface area contributed by atoms with Gasteiger partial charge >= 0.3 is 5.97 Å². The zero-order valence-corrected chi connectivity index (χ0v) is 16.3. The van der Waals surface area contributed by atoms with E-state index >= 15 is 0 Å². The van der Waals surface area contributed by atoms with E-state index in [0.29, 0.717) is 37.8 Å². The van der Waals surface area contributed by atoms with Crippen LogP contribution in [0, 0.1) is 12.8 Å². The van der Waals surface area contributed by atoms with Gasteiger partial charge in [-0.2, -0.15) is 5.10 Å². The van der Waals surface area contributed by atoms with Crippen LogP contribution in [0.25, 0.3) is 0 Å². The summed E-state index contributed by atoms with van der Waals surface area (Å²) in [6.07, 6.45) is 7.74. The van der Waals surface area contributed by atoms with E-state index in [1.807, 2.05) is 9.80 Å². The van der Waals surface area contributed by atoms with Gasteiger partial charge in [-0.05, 0) is 32.6 Å². The van der Waals surface area contributed by atoms with Crippen molar-refractivity contribution in [3.05, 3.63) is 17.5 Å². The fourth-order valence-electron chi connectivity index (χ4n) is 5.06. The van der Waals surface area contributed by atoms with Crippen LogP contribution in [0.5, 0.6) is 0 Å². The van der Waals surface area contributed by atoms with Crippen molar-refractivity contribution in [3.8, 4) is 0 Å². The van der Waals surface area contributed by atoms with E-state index in [-0.39, 0.29) is 29.3 Å². The molecule has 2 aliphatic heterocycles. The third-order valence-electron chi connectivity index (χ3n) is 6.67. The fraction of sp³-hybridized carbons (Fsp3) is 0.700. The van der Waals surface area contributed by atoms with Gasteiger partial charge in [-0.3, -0.25) is 14.3 Å². The van der Waals surface area contributed by atoms with Gasteiger partial charge < -0.3 is 14.9 Å². The van der Waals surface area contributed by atoms with Crippen LogP contribution in [-0.4, -0.2) is 68.1 Å². The lowest BCUT2D eigenvalue weighted by Gasteiger charge is -2.34. The van der Waals surface area contributed by atoms with E-state index in [2.05, 4.69) is 5.10 Å². The van der Waals surface area contributed by atoms with E-state index in [1.54, 1.807) is 11.6 Å². The Kier molecular flexibility index (Phi) is 5.12. The number of hydrogen-bond acceptors (Lipinski definition) is 4. The minimum Gasteiger partial charge on any atom is -0.478 e. The van der Waals surface area contributed by atoms with Crippen LogP contribution in [0.1, 0.15) is 67.0 Å². The van der Waals surface area contributed by atoms with Crippen molar-refractivity contribution in [3.63, 3.8) is 0 Å². The highest BCUT2D eigenvalue weighted by atomic mass is 16.4. The second-order valence-corrected chi connectivity index (χ2v) is 8.34. The number of carbonyl (C=O) groups excluding carboxylic acids is 2. The van der Waals surface area contributed by atoms with Gasteiger partial charge in [0.2, 0.25) is 11.8 Å². The predicted octanol–water partition coefficient (Wildman–Crippen LogP) is 1.84. The molecule has 0 radical (unpaired) electrons. The molecule has 1 atom stereocenters. The number of nitrogens with zero attached hydrogens (tertiary/aromatic N) is 4. The van der Waals surface area contributed by atoms with Gasteiger partial charge in [0.1, 0.15) is 5.56 Å². The molecule has 152 valence electrons. The van der Waals surface area contributed by atoms with Gasteiger partial charge in [-0.15, -0.1) is 0 Å². The summed E-state index contributed by atoms with van der Waals surface area (Å²) in [5.41, 5.74) is 0.890. The summed E-state index contributed by atoms with van der Waals surface area (Å²) in [5, 5.41) is 13.5. The van der Waals surface area contributed by atoms with E-state index < -0.39 is 5.97 Å². The van der Waals surface area contributed by atoms with Crippen molar-refractivity contribution in [1.29, 1.82) is 0 Å². The molecular formula is C20H28N4O4. The maximum atomic E-state index is 13.0. The quantitative estimate of drug-likeness (QED) is 0.849. The first-order valence-corrected chi connectivity index (χ1v) is 10.3. The highest BCUT2D eigenvalue weighted by Crippen LogP contribution is 2.31. The summed E-state index contributed by atoms with van der Waals surface area (Å²) in [7, 11) is 0. The van der Waals surface area contributed by atoms with Gasteiger partial charge in [-0.1, -0.05) is 12.8 Å². The zero-order valence-electron chi connectivity index (χ0n) is 16.3. The van der Waals surface area contributed by atoms with E-state index in [0.717, 1.165) is 25.7 Å². The first-order chi connectivity index (χ1) is 13.5. The molecule has 8 heteroatoms. The average molecular weight is 388 g/mol. The third-order valence-corrected chi connectivity index (χ3v) is 6.67. The molecule has 0 spiro atoms. The molecule has 3 heterocycles. The van der Waals surface area contributed by atoms with Crippen LogP contribution in [0.2, 0.25) is 0 Å². The highest BCUT2D eigenvalue weighted by molar-refractivity contribution is 5.89. The molecule has 3 fully saturated rings. The predicted molar refractivity (Wildman–Crippen MR) is 101 cm³/mol. The number of carboxylic acids is 1. The lowest BCUT2D eigenvalue weighted by molar-refractivity contribution is -0.137. The Bertz CT molecular complexity index is 775. The van der Waals surface area contributed by atoms with Gasteiger partial charge in [0, 0.05) is 32.1 Å². The molecule has 3 aliphatic rings. The summed E-state index contributed by atoms with van der Waals surface area (Å²) in [6.45, 7) is 3.59. The van der Waals surface area contributed by atoms with Crippen LogP contribution in [0.4, 0.5) is 0 Å². The minimum absolute atomic E-state index is 0.0932. The molecule has 28 heavy (non-hydrogen) atoms. The number of aromatic carboxylic acids is 1. The number of carboxylic acid groups (broad SMARTS) is 1. The van der Waals surface area contributed by atoms with Crippen molar-refractivity contribution >= 4 is 17.8 Å². The Morgan fingerprint density at radius 3 is 2.39 bits per heavy atom. The highest BCUT2D eigenvalue weighted by Gasteiger charge is 2.40. The summed E-state index contributed by atoms with van der Waals surface area (Å²) >= 11 is 0. The lowest BCUT2D eigenvalue weighted by Crippen LogP contribution is -2.43. The van der Waals surface area contributed by atoms with Crippen LogP contribution < -0.4 is 0 Å². The number of piperidine rings is 1. The topological polar surface area (TPSA) is 95.7 Å². The lowest BCUT2D eigenvalue weighted by atomic mass is 10.0. The molecule has 2 saturated heterocycles. The Morgan fingerprint density at radius 1 is 1.11 bits per heavy atom. The standard InChI is InChI=1S/C20H28N4O4/c1-13-17(20(27)28)11-21-24(13)16-6-8-22(9-7-16)19(26)14-10-18(25)23(12-14)15-4-2-3-5-15/h11,14-16H,2-10,12H2,1H3,(H,27,28). The molecule has 1 aromatic rings. The Balaban J connectivity index is 1.34. The van der Waals surface area contributed by atoms with Crippen LogP contribution in [-0.2, 0) is 9.59 Å². The van der Waals surface area contributed by atoms with Gasteiger partial charge in [0.25, 0.3) is 0 Å². The van der Waals surface area contributed by atoms with Gasteiger partial charge in [0.05, 0.1) is 23.9 Å². The Hall–Kier alpha value is -2.38. The molecule has 1 aliphatic carbocycles. The number of aromatic nitrogens is 2. The van der Waals surface area contributed by atoms with Crippen molar-refractivity contribution in [2.75, 3.05) is 19.6 Å². The fourth-order valence-corrected chi connectivity index (χ4v) is 5.06. The van der Waals surface area contributed by atoms with Crippen molar-refractivity contribution in [1.82, 2.24) is 19.6 Å². The monoisotopic (exact) mass is 388 g/mol. The minimum atomic E-state index is -0.964. The van der Waals surface area contributed by atoms with Gasteiger partial charge in [0.15, 0.2) is 0 Å². The normalized spacial score (nSPS) is 24.3. The van der Waals surface area contributed by atoms with Crippen molar-refractivity contribution in [2.45, 2.75) is 64.0 Å². The maximum Gasteiger partial charge on any atom is 0.339 e. The molecule has 1 aromatic heterocycles. The van der Waals surface area contributed by atoms with Crippen LogP contribution >= 0.6 is 0 Å². The molecule has 1 unspecified atom stereocenters. The summed E-state index contributed by atoms with van der Waals surface area (Å²) in [4.78, 5) is 40.4. The maximum absolute atomic E-state index is 13.0. The number of likely N-dealkylation sites (tertiary alicyclic amines) is 2. The largest absolute Gasteiger partial charge is 0.478 e. The first-order valence-electron chi connectivity index (χ1n) is 10.3. The smallest absolute Gasteiger partial charge is 0.339 e. The molecule has 1 N–H and O–H groups in total. The number of rotatable bonds is 4. The number of carbonyl (C=O) groups is 3. The molecule has 8 nitrogen and oxygen atoms in total. The van der Waals surface area contributed by atoms with Crippen LogP contribution in [0.15, 0.2) is 6.20 Å². The van der Waals surface area contributed by atoms with E-state index in [1.165, 1.54) is 19.0 Å². The second kappa shape index (κ2) is 7.56. The van der Waals surface area contributed by atoms with Crippen molar-refractivity contribution in [2.24, 2.45) is 5.92 Å². The summed E-state index contributed by atoms with van der Waals surface area (Å²) in [5.74, 6) is -0.951. The number of amides is 2. The Labute approximate surface area is 164 Å². The molecule has 4 rings (SSSR count). The molecule has 0 aromatic carbocycles. The van der Waals surface area contributed by atoms with Gasteiger partial charge in [-0.25, -0.2) is 4.79 Å². The van der Waals surface area contributed by atoms with E-state index in [4.69, 9.17) is 0 Å². The zero-order chi connectivity index (χ0) is 19.8. The number of hydrogen-bond donors (Lipinski definition) is 1. The SMILES string of the molecule is Cc1c(C(=O)O)cnn1C1CCN(C(=O)C2CC(=O)N(C3CCCC3)C2)CC1. The molecule has 2 amide bonds. The summed E-state index contributed by atoms with van der Waals surface area (Å²) in [6, 6.07) is 0.444. The van der Waals surface area contributed by atoms with Crippen molar-refractivity contribution < 1.29 is 19.5 Å². The first kappa shape index (κ1) is 19.0. The van der Waals surface area contributed by atoms with Crippen LogP contribution in [0.3, 0.4) is 0 Å². The average Bonchev–Trinajstić information content (AvgIpc) is 3.41. The molecular weight excluding hydrogens is 360 g/mol.